The van der Waals surface area contributed by atoms with E-state index in [0.717, 1.165) is 33.6 Å². The fourth-order valence-corrected chi connectivity index (χ4v) is 5.05. The fourth-order valence-electron chi connectivity index (χ4n) is 5.05. The van der Waals surface area contributed by atoms with E-state index >= 15 is 0 Å². The zero-order chi connectivity index (χ0) is 30.5. The van der Waals surface area contributed by atoms with Crippen molar-refractivity contribution in [1.82, 2.24) is 9.66 Å². The molecule has 0 amide bonds. The summed E-state index contributed by atoms with van der Waals surface area (Å²) in [5.41, 5.74) is 6.17. The van der Waals surface area contributed by atoms with Gasteiger partial charge in [0.05, 0.1) is 30.8 Å². The van der Waals surface area contributed by atoms with Crippen molar-refractivity contribution in [2.75, 3.05) is 13.7 Å². The van der Waals surface area contributed by atoms with Gasteiger partial charge in [-0.05, 0) is 91.4 Å². The molecule has 0 aliphatic rings. The van der Waals surface area contributed by atoms with Crippen molar-refractivity contribution in [3.8, 4) is 28.6 Å². The molecule has 0 saturated heterocycles. The summed E-state index contributed by atoms with van der Waals surface area (Å²) in [6.45, 7) is 11.1. The average Bonchev–Trinajstić information content (AvgIpc) is 3.00. The first-order chi connectivity index (χ1) is 20.8. The first-order valence-electron chi connectivity index (χ1n) is 14.5. The summed E-state index contributed by atoms with van der Waals surface area (Å²) in [7, 11) is 1.67. The predicted octanol–water partition coefficient (Wildman–Crippen LogP) is 7.67. The number of para-hydroxylation sites is 1. The van der Waals surface area contributed by atoms with Crippen molar-refractivity contribution in [1.29, 1.82) is 0 Å². The molecule has 1 aromatic heterocycles. The molecule has 4 aromatic carbocycles. The van der Waals surface area contributed by atoms with Crippen LogP contribution in [0.1, 0.15) is 54.5 Å². The largest absolute Gasteiger partial charge is 0.496 e. The number of fused-ring (bicyclic) bond motifs is 1. The van der Waals surface area contributed by atoms with Crippen molar-refractivity contribution in [2.24, 2.45) is 5.10 Å². The van der Waals surface area contributed by atoms with Gasteiger partial charge in [-0.15, -0.1) is 0 Å². The normalized spacial score (nSPS) is 11.4. The summed E-state index contributed by atoms with van der Waals surface area (Å²) in [4.78, 5) is 18.7. The minimum atomic E-state index is -0.249. The molecule has 7 nitrogen and oxygen atoms in total. The van der Waals surface area contributed by atoms with Crippen LogP contribution in [0.2, 0.25) is 0 Å². The number of aromatic nitrogens is 2. The third-order valence-electron chi connectivity index (χ3n) is 7.26. The van der Waals surface area contributed by atoms with Crippen LogP contribution in [0.3, 0.4) is 0 Å². The lowest BCUT2D eigenvalue weighted by atomic mass is 9.96. The summed E-state index contributed by atoms with van der Waals surface area (Å²) < 4.78 is 19.1. The SMILES string of the molecule is CCOc1cc(C=Nn2c(-c3cc(C(C)C)c(OC)cc3C)nc3ccccc3c2=O)ccc1OCc1cccc(C)c1. The predicted molar refractivity (Wildman–Crippen MR) is 173 cm³/mol. The zero-order valence-electron chi connectivity index (χ0n) is 25.5. The second kappa shape index (κ2) is 12.9. The van der Waals surface area contributed by atoms with Crippen LogP contribution in [0.4, 0.5) is 0 Å². The molecular weight excluding hydrogens is 538 g/mol. The maximum atomic E-state index is 13.8. The Kier molecular flexibility index (Phi) is 8.90. The Bertz CT molecular complexity index is 1860. The molecule has 5 rings (SSSR count). The molecule has 0 fully saturated rings. The highest BCUT2D eigenvalue weighted by molar-refractivity contribution is 5.83. The highest BCUT2D eigenvalue weighted by atomic mass is 16.5. The summed E-state index contributed by atoms with van der Waals surface area (Å²) in [5, 5.41) is 5.18. The van der Waals surface area contributed by atoms with E-state index in [2.05, 4.69) is 44.1 Å². The quantitative estimate of drug-likeness (QED) is 0.160. The first-order valence-corrected chi connectivity index (χ1v) is 14.5. The number of ether oxygens (including phenoxy) is 3. The van der Waals surface area contributed by atoms with Gasteiger partial charge in [-0.25, -0.2) is 4.98 Å². The number of methoxy groups -OCH3 is 1. The Morgan fingerprint density at radius 1 is 0.907 bits per heavy atom. The molecule has 0 spiro atoms. The molecule has 0 bridgehead atoms. The summed E-state index contributed by atoms with van der Waals surface area (Å²) in [5.74, 6) is 2.73. The molecule has 220 valence electrons. The Labute approximate surface area is 252 Å². The van der Waals surface area contributed by atoms with Gasteiger partial charge in [0.2, 0.25) is 0 Å². The van der Waals surface area contributed by atoms with E-state index in [1.807, 2.05) is 68.4 Å². The maximum Gasteiger partial charge on any atom is 0.282 e. The summed E-state index contributed by atoms with van der Waals surface area (Å²) in [6.07, 6.45) is 1.65. The molecule has 1 heterocycles. The zero-order valence-corrected chi connectivity index (χ0v) is 25.5. The second-order valence-corrected chi connectivity index (χ2v) is 10.8. The molecule has 0 radical (unpaired) electrons. The molecule has 0 saturated carbocycles. The topological polar surface area (TPSA) is 74.9 Å². The minimum Gasteiger partial charge on any atom is -0.496 e. The van der Waals surface area contributed by atoms with Crippen molar-refractivity contribution in [3.63, 3.8) is 0 Å². The van der Waals surface area contributed by atoms with Gasteiger partial charge in [-0.2, -0.15) is 9.78 Å². The van der Waals surface area contributed by atoms with E-state index in [1.54, 1.807) is 19.4 Å². The highest BCUT2D eigenvalue weighted by Gasteiger charge is 2.18. The second-order valence-electron chi connectivity index (χ2n) is 10.8. The molecule has 5 aromatic rings. The van der Waals surface area contributed by atoms with Crippen molar-refractivity contribution in [3.05, 3.63) is 117 Å². The van der Waals surface area contributed by atoms with Crippen molar-refractivity contribution in [2.45, 2.75) is 47.1 Å². The molecular formula is C36H37N3O4. The molecule has 0 aliphatic heterocycles. The molecule has 0 atom stereocenters. The lowest BCUT2D eigenvalue weighted by Gasteiger charge is -2.17. The van der Waals surface area contributed by atoms with Crippen LogP contribution < -0.4 is 19.8 Å². The van der Waals surface area contributed by atoms with E-state index in [1.165, 1.54) is 10.2 Å². The van der Waals surface area contributed by atoms with Gasteiger partial charge in [0.15, 0.2) is 17.3 Å². The van der Waals surface area contributed by atoms with E-state index in [9.17, 15) is 4.79 Å². The lowest BCUT2D eigenvalue weighted by Crippen LogP contribution is -2.20. The molecule has 0 N–H and O–H groups in total. The Hall–Kier alpha value is -4.91. The first kappa shape index (κ1) is 29.6. The fraction of sp³-hybridized carbons (Fsp3) is 0.250. The van der Waals surface area contributed by atoms with Gasteiger partial charge in [-0.3, -0.25) is 4.79 Å². The van der Waals surface area contributed by atoms with Crippen LogP contribution in [0.25, 0.3) is 22.3 Å². The smallest absolute Gasteiger partial charge is 0.282 e. The molecule has 0 aliphatic carbocycles. The minimum absolute atomic E-state index is 0.210. The van der Waals surface area contributed by atoms with Crippen LogP contribution in [-0.4, -0.2) is 29.6 Å². The van der Waals surface area contributed by atoms with E-state index in [0.29, 0.717) is 41.4 Å². The third kappa shape index (κ3) is 6.46. The van der Waals surface area contributed by atoms with Gasteiger partial charge < -0.3 is 14.2 Å². The number of hydrogen-bond donors (Lipinski definition) is 0. The van der Waals surface area contributed by atoms with Gasteiger partial charge in [0.1, 0.15) is 12.4 Å². The maximum absolute atomic E-state index is 13.8. The van der Waals surface area contributed by atoms with E-state index < -0.39 is 0 Å². The summed E-state index contributed by atoms with van der Waals surface area (Å²) >= 11 is 0. The van der Waals surface area contributed by atoms with E-state index in [-0.39, 0.29) is 11.5 Å². The van der Waals surface area contributed by atoms with Crippen LogP contribution in [0.5, 0.6) is 17.2 Å². The third-order valence-corrected chi connectivity index (χ3v) is 7.26. The Balaban J connectivity index is 1.57. The van der Waals surface area contributed by atoms with Gasteiger partial charge in [0.25, 0.3) is 5.56 Å². The highest BCUT2D eigenvalue weighted by Crippen LogP contribution is 2.34. The Morgan fingerprint density at radius 3 is 2.47 bits per heavy atom. The van der Waals surface area contributed by atoms with Crippen LogP contribution in [-0.2, 0) is 6.61 Å². The number of benzene rings is 4. The molecule has 0 unspecified atom stereocenters. The number of hydrogen-bond acceptors (Lipinski definition) is 6. The van der Waals surface area contributed by atoms with Crippen molar-refractivity contribution < 1.29 is 14.2 Å². The van der Waals surface area contributed by atoms with Gasteiger partial charge in [0, 0.05) is 5.56 Å². The molecule has 7 heteroatoms. The monoisotopic (exact) mass is 575 g/mol. The average molecular weight is 576 g/mol. The van der Waals surface area contributed by atoms with Crippen LogP contribution in [0, 0.1) is 13.8 Å². The van der Waals surface area contributed by atoms with Crippen LogP contribution in [0.15, 0.2) is 88.8 Å². The standard InChI is InChI=1S/C36H37N3O4/c1-7-42-34-19-26(15-16-32(34)43-22-27-12-10-11-24(4)17-27)21-37-39-35(38-31-14-9-8-13-28(31)36(39)40)30-20-29(23(2)3)33(41-6)18-25(30)5/h8-21,23H,7,22H2,1-6H3. The Morgan fingerprint density at radius 2 is 1.72 bits per heavy atom. The van der Waals surface area contributed by atoms with Gasteiger partial charge >= 0.3 is 0 Å². The molecule has 43 heavy (non-hydrogen) atoms. The number of rotatable bonds is 10. The summed E-state index contributed by atoms with van der Waals surface area (Å²) in [6, 6.07) is 25.2. The lowest BCUT2D eigenvalue weighted by molar-refractivity contribution is 0.269. The van der Waals surface area contributed by atoms with Gasteiger partial charge in [-0.1, -0.05) is 55.8 Å². The number of aryl methyl sites for hydroxylation is 2. The van der Waals surface area contributed by atoms with E-state index in [4.69, 9.17) is 19.2 Å². The van der Waals surface area contributed by atoms with Crippen LogP contribution >= 0.6 is 0 Å². The van der Waals surface area contributed by atoms with Crippen molar-refractivity contribution >= 4 is 17.1 Å². The number of nitrogens with zero attached hydrogens (tertiary/aromatic N) is 3.